The van der Waals surface area contributed by atoms with Crippen molar-refractivity contribution in [3.8, 4) is 12.3 Å². The summed E-state index contributed by atoms with van der Waals surface area (Å²) in [5.41, 5.74) is -0.562. The molecule has 0 saturated heterocycles. The summed E-state index contributed by atoms with van der Waals surface area (Å²) in [6, 6.07) is 0. The Labute approximate surface area is 91.2 Å². The summed E-state index contributed by atoms with van der Waals surface area (Å²) in [4.78, 5) is 4.01. The minimum absolute atomic E-state index is 0.443. The molecule has 15 heavy (non-hydrogen) atoms. The molecule has 0 spiro atoms. The molecule has 0 bridgehead atoms. The molecule has 1 rings (SSSR count). The van der Waals surface area contributed by atoms with Crippen LogP contribution < -0.4 is 10.6 Å². The van der Waals surface area contributed by atoms with Crippen molar-refractivity contribution >= 4 is 5.96 Å². The molecule has 1 saturated carbocycles. The lowest BCUT2D eigenvalue weighted by atomic mass is 10.0. The van der Waals surface area contributed by atoms with Crippen molar-refractivity contribution in [3.63, 3.8) is 0 Å². The van der Waals surface area contributed by atoms with Crippen LogP contribution in [0.4, 0.5) is 0 Å². The van der Waals surface area contributed by atoms with Crippen LogP contribution in [-0.2, 0) is 0 Å². The maximum absolute atomic E-state index is 10.1. The fourth-order valence-electron chi connectivity index (χ4n) is 1.81. The van der Waals surface area contributed by atoms with Crippen molar-refractivity contribution in [1.82, 2.24) is 10.6 Å². The average Bonchev–Trinajstić information content (AvgIpc) is 2.66. The monoisotopic (exact) mass is 209 g/mol. The third kappa shape index (κ3) is 3.80. The van der Waals surface area contributed by atoms with Crippen LogP contribution in [0, 0.1) is 12.3 Å². The molecule has 0 aromatic rings. The Morgan fingerprint density at radius 3 is 2.67 bits per heavy atom. The molecule has 3 N–H and O–H groups in total. The number of nitrogens with one attached hydrogen (secondary N) is 2. The van der Waals surface area contributed by atoms with Gasteiger partial charge in [0.15, 0.2) is 5.96 Å². The standard InChI is InChI=1S/C11H19N3O/c1-3-8-13-10(12-2)14-9-11(15)6-4-5-7-11/h1,15H,4-9H2,2H3,(H2,12,13,14). The number of terminal acetylenes is 1. The van der Waals surface area contributed by atoms with E-state index >= 15 is 0 Å². The fourth-order valence-corrected chi connectivity index (χ4v) is 1.81. The van der Waals surface area contributed by atoms with E-state index in [1.165, 1.54) is 0 Å². The normalized spacial score (nSPS) is 19.7. The number of hydrogen-bond donors (Lipinski definition) is 3. The molecule has 4 nitrogen and oxygen atoms in total. The molecule has 0 unspecified atom stereocenters. The summed E-state index contributed by atoms with van der Waals surface area (Å²) in [5, 5.41) is 16.1. The first-order chi connectivity index (χ1) is 7.20. The Hall–Kier alpha value is -1.21. The van der Waals surface area contributed by atoms with Crippen LogP contribution in [0.3, 0.4) is 0 Å². The van der Waals surface area contributed by atoms with E-state index in [0.717, 1.165) is 25.7 Å². The van der Waals surface area contributed by atoms with Gasteiger partial charge in [-0.25, -0.2) is 0 Å². The highest BCUT2D eigenvalue weighted by Gasteiger charge is 2.30. The lowest BCUT2D eigenvalue weighted by Gasteiger charge is -2.23. The Bertz CT molecular complexity index is 261. The number of hydrogen-bond acceptors (Lipinski definition) is 2. The van der Waals surface area contributed by atoms with Gasteiger partial charge in [-0.15, -0.1) is 6.42 Å². The zero-order chi connectivity index (χ0) is 11.1. The van der Waals surface area contributed by atoms with Crippen LogP contribution >= 0.6 is 0 Å². The van der Waals surface area contributed by atoms with Gasteiger partial charge in [0.2, 0.25) is 0 Å². The molecule has 4 heteroatoms. The van der Waals surface area contributed by atoms with Crippen LogP contribution in [0.5, 0.6) is 0 Å². The molecule has 0 heterocycles. The van der Waals surface area contributed by atoms with E-state index in [2.05, 4.69) is 21.5 Å². The molecule has 0 aromatic carbocycles. The summed E-state index contributed by atoms with van der Waals surface area (Å²) in [6.45, 7) is 0.981. The highest BCUT2D eigenvalue weighted by molar-refractivity contribution is 5.79. The van der Waals surface area contributed by atoms with E-state index in [0.29, 0.717) is 19.0 Å². The van der Waals surface area contributed by atoms with E-state index in [-0.39, 0.29) is 0 Å². The van der Waals surface area contributed by atoms with Crippen molar-refractivity contribution < 1.29 is 5.11 Å². The fraction of sp³-hybridized carbons (Fsp3) is 0.727. The lowest BCUT2D eigenvalue weighted by molar-refractivity contribution is 0.0522. The van der Waals surface area contributed by atoms with Gasteiger partial charge in [0.1, 0.15) is 0 Å². The smallest absolute Gasteiger partial charge is 0.191 e. The van der Waals surface area contributed by atoms with Crippen LogP contribution in [0.2, 0.25) is 0 Å². The van der Waals surface area contributed by atoms with Gasteiger partial charge in [0, 0.05) is 13.6 Å². The molecule has 0 atom stereocenters. The van der Waals surface area contributed by atoms with Gasteiger partial charge in [0.05, 0.1) is 12.1 Å². The summed E-state index contributed by atoms with van der Waals surface area (Å²) >= 11 is 0. The minimum atomic E-state index is -0.562. The van der Waals surface area contributed by atoms with E-state index in [1.807, 2.05) is 0 Å². The Morgan fingerprint density at radius 2 is 2.13 bits per heavy atom. The Morgan fingerprint density at radius 1 is 1.47 bits per heavy atom. The first-order valence-corrected chi connectivity index (χ1v) is 5.30. The van der Waals surface area contributed by atoms with Crippen LogP contribution in [0.25, 0.3) is 0 Å². The van der Waals surface area contributed by atoms with Crippen LogP contribution in [0.1, 0.15) is 25.7 Å². The predicted octanol–water partition coefficient (Wildman–Crippen LogP) is 0.0897. The maximum Gasteiger partial charge on any atom is 0.191 e. The van der Waals surface area contributed by atoms with Gasteiger partial charge >= 0.3 is 0 Å². The molecular weight excluding hydrogens is 190 g/mol. The lowest BCUT2D eigenvalue weighted by Crippen LogP contribution is -2.46. The number of aliphatic imine (C=N–C) groups is 1. The molecule has 0 aromatic heterocycles. The van der Waals surface area contributed by atoms with Crippen molar-refractivity contribution in [3.05, 3.63) is 0 Å². The number of rotatable bonds is 3. The molecule has 1 fully saturated rings. The van der Waals surface area contributed by atoms with Gasteiger partial charge in [-0.05, 0) is 12.8 Å². The van der Waals surface area contributed by atoms with Gasteiger partial charge in [0.25, 0.3) is 0 Å². The van der Waals surface area contributed by atoms with Crippen LogP contribution in [-0.4, -0.2) is 36.8 Å². The number of nitrogens with zero attached hydrogens (tertiary/aromatic N) is 1. The highest BCUT2D eigenvalue weighted by Crippen LogP contribution is 2.28. The minimum Gasteiger partial charge on any atom is -0.388 e. The van der Waals surface area contributed by atoms with E-state index in [4.69, 9.17) is 6.42 Å². The van der Waals surface area contributed by atoms with Gasteiger partial charge in [-0.3, -0.25) is 4.99 Å². The van der Waals surface area contributed by atoms with Crippen molar-refractivity contribution in [1.29, 1.82) is 0 Å². The first-order valence-electron chi connectivity index (χ1n) is 5.30. The molecule has 1 aliphatic rings. The zero-order valence-electron chi connectivity index (χ0n) is 9.21. The van der Waals surface area contributed by atoms with Crippen molar-refractivity contribution in [2.45, 2.75) is 31.3 Å². The third-order valence-electron chi connectivity index (χ3n) is 2.70. The van der Waals surface area contributed by atoms with Crippen molar-refractivity contribution in [2.24, 2.45) is 4.99 Å². The summed E-state index contributed by atoms with van der Waals surface area (Å²) in [6.07, 6.45) is 9.08. The molecule has 0 aliphatic heterocycles. The van der Waals surface area contributed by atoms with Gasteiger partial charge in [-0.2, -0.15) is 0 Å². The second kappa shape index (κ2) is 5.62. The Kier molecular flexibility index (Phi) is 4.44. The second-order valence-electron chi connectivity index (χ2n) is 3.91. The maximum atomic E-state index is 10.1. The molecular formula is C11H19N3O. The Balaban J connectivity index is 2.31. The molecule has 1 aliphatic carbocycles. The topological polar surface area (TPSA) is 56.7 Å². The quantitative estimate of drug-likeness (QED) is 0.351. The summed E-state index contributed by atoms with van der Waals surface area (Å²) < 4.78 is 0. The SMILES string of the molecule is C#CCNC(=NC)NCC1(O)CCCC1. The highest BCUT2D eigenvalue weighted by atomic mass is 16.3. The van der Waals surface area contributed by atoms with Crippen molar-refractivity contribution in [2.75, 3.05) is 20.1 Å². The average molecular weight is 209 g/mol. The zero-order valence-corrected chi connectivity index (χ0v) is 9.21. The van der Waals surface area contributed by atoms with E-state index in [1.54, 1.807) is 7.05 Å². The molecule has 0 amide bonds. The van der Waals surface area contributed by atoms with E-state index < -0.39 is 5.60 Å². The first kappa shape index (κ1) is 11.9. The number of aliphatic hydroxyl groups is 1. The van der Waals surface area contributed by atoms with E-state index in [9.17, 15) is 5.11 Å². The second-order valence-corrected chi connectivity index (χ2v) is 3.91. The summed E-state index contributed by atoms with van der Waals surface area (Å²) in [7, 11) is 1.69. The predicted molar refractivity (Wildman–Crippen MR) is 61.6 cm³/mol. The molecule has 0 radical (unpaired) electrons. The largest absolute Gasteiger partial charge is 0.388 e. The van der Waals surface area contributed by atoms with Crippen LogP contribution in [0.15, 0.2) is 4.99 Å². The third-order valence-corrected chi connectivity index (χ3v) is 2.70. The number of guanidine groups is 1. The molecule has 84 valence electrons. The van der Waals surface area contributed by atoms with Gasteiger partial charge in [-0.1, -0.05) is 18.8 Å². The summed E-state index contributed by atoms with van der Waals surface area (Å²) in [5.74, 6) is 3.12. The van der Waals surface area contributed by atoms with Gasteiger partial charge < -0.3 is 15.7 Å².